The highest BCUT2D eigenvalue weighted by Crippen LogP contribution is 2.31. The van der Waals surface area contributed by atoms with Crippen LogP contribution in [-0.4, -0.2) is 38.0 Å². The molecule has 0 spiro atoms. The zero-order valence-corrected chi connectivity index (χ0v) is 13.3. The number of rotatable bonds is 3. The summed E-state index contributed by atoms with van der Waals surface area (Å²) < 4.78 is 0. The van der Waals surface area contributed by atoms with Gasteiger partial charge in [-0.15, -0.1) is 0 Å². The van der Waals surface area contributed by atoms with Crippen LogP contribution in [-0.2, 0) is 9.59 Å². The number of para-hydroxylation sites is 2. The van der Waals surface area contributed by atoms with Crippen molar-refractivity contribution in [2.45, 2.75) is 32.9 Å². The zero-order valence-electron chi connectivity index (χ0n) is 13.3. The van der Waals surface area contributed by atoms with Gasteiger partial charge in [0.25, 0.3) is 5.91 Å². The van der Waals surface area contributed by atoms with Crippen LogP contribution in [0.5, 0.6) is 0 Å². The molecule has 0 saturated carbocycles. The minimum Gasteiger partial charge on any atom is -0.376 e. The van der Waals surface area contributed by atoms with Crippen LogP contribution >= 0.6 is 0 Å². The molecule has 2 rings (SSSR count). The van der Waals surface area contributed by atoms with E-state index < -0.39 is 12.1 Å². The van der Waals surface area contributed by atoms with E-state index in [0.29, 0.717) is 0 Å². The van der Waals surface area contributed by atoms with Crippen molar-refractivity contribution in [2.75, 3.05) is 23.9 Å². The van der Waals surface area contributed by atoms with Crippen molar-refractivity contribution >= 4 is 23.2 Å². The molecule has 0 bridgehead atoms. The molecule has 21 heavy (non-hydrogen) atoms. The minimum atomic E-state index is -0.506. The van der Waals surface area contributed by atoms with Crippen LogP contribution < -0.4 is 15.1 Å². The molecule has 5 heteroatoms. The predicted molar refractivity (Wildman–Crippen MR) is 84.5 cm³/mol. The molecule has 2 amide bonds. The summed E-state index contributed by atoms with van der Waals surface area (Å²) in [5.41, 5.74) is 1.70. The molecule has 1 aromatic rings. The van der Waals surface area contributed by atoms with E-state index in [0.717, 1.165) is 11.4 Å². The van der Waals surface area contributed by atoms with E-state index in [4.69, 9.17) is 0 Å². The van der Waals surface area contributed by atoms with Gasteiger partial charge in [0, 0.05) is 14.1 Å². The van der Waals surface area contributed by atoms with Crippen LogP contribution in [0.1, 0.15) is 20.8 Å². The number of hydrogen-bond acceptors (Lipinski definition) is 3. The third kappa shape index (κ3) is 2.73. The van der Waals surface area contributed by atoms with Gasteiger partial charge in [-0.3, -0.25) is 14.5 Å². The first-order valence-electron chi connectivity index (χ1n) is 7.24. The standard InChI is InChI=1S/C16H23N3O2/c1-10(2)14-16(21)19(11(3)15(20)17-14)13-9-7-6-8-12(13)18(4)5/h6-11,14H,1-5H3,(H,17,20). The van der Waals surface area contributed by atoms with Crippen molar-refractivity contribution in [2.24, 2.45) is 5.92 Å². The Morgan fingerprint density at radius 3 is 2.38 bits per heavy atom. The van der Waals surface area contributed by atoms with Gasteiger partial charge in [-0.2, -0.15) is 0 Å². The molecule has 114 valence electrons. The molecular formula is C16H23N3O2. The quantitative estimate of drug-likeness (QED) is 0.920. The van der Waals surface area contributed by atoms with Crippen molar-refractivity contribution in [3.05, 3.63) is 24.3 Å². The van der Waals surface area contributed by atoms with E-state index in [-0.39, 0.29) is 17.7 Å². The fraction of sp³-hybridized carbons (Fsp3) is 0.500. The summed E-state index contributed by atoms with van der Waals surface area (Å²) in [6, 6.07) is 6.68. The lowest BCUT2D eigenvalue weighted by Gasteiger charge is -2.40. The Hall–Kier alpha value is -2.04. The molecule has 0 aliphatic carbocycles. The van der Waals surface area contributed by atoms with E-state index >= 15 is 0 Å². The van der Waals surface area contributed by atoms with Gasteiger partial charge in [0.05, 0.1) is 11.4 Å². The number of piperazine rings is 1. The number of carbonyl (C=O) groups is 2. The zero-order chi connectivity index (χ0) is 15.7. The van der Waals surface area contributed by atoms with Crippen LogP contribution in [0.2, 0.25) is 0 Å². The molecule has 0 radical (unpaired) electrons. The fourth-order valence-electron chi connectivity index (χ4n) is 2.62. The lowest BCUT2D eigenvalue weighted by molar-refractivity contribution is -0.134. The van der Waals surface area contributed by atoms with Gasteiger partial charge < -0.3 is 10.2 Å². The smallest absolute Gasteiger partial charge is 0.250 e. The van der Waals surface area contributed by atoms with Crippen LogP contribution in [0.15, 0.2) is 24.3 Å². The Labute approximate surface area is 125 Å². The topological polar surface area (TPSA) is 52.7 Å². The molecule has 1 fully saturated rings. The van der Waals surface area contributed by atoms with E-state index in [9.17, 15) is 9.59 Å². The van der Waals surface area contributed by atoms with Crippen molar-refractivity contribution in [3.8, 4) is 0 Å². The number of hydrogen-bond donors (Lipinski definition) is 1. The Kier molecular flexibility index (Phi) is 4.21. The molecule has 1 aromatic carbocycles. The first-order valence-corrected chi connectivity index (χ1v) is 7.24. The summed E-state index contributed by atoms with van der Waals surface area (Å²) >= 11 is 0. The van der Waals surface area contributed by atoms with Crippen molar-refractivity contribution in [1.29, 1.82) is 0 Å². The molecule has 5 nitrogen and oxygen atoms in total. The largest absolute Gasteiger partial charge is 0.376 e. The summed E-state index contributed by atoms with van der Waals surface area (Å²) in [5.74, 6) is -0.101. The number of nitrogens with one attached hydrogen (secondary N) is 1. The Balaban J connectivity index is 2.49. The highest BCUT2D eigenvalue weighted by atomic mass is 16.2. The summed E-state index contributed by atoms with van der Waals surface area (Å²) in [4.78, 5) is 28.6. The van der Waals surface area contributed by atoms with Crippen LogP contribution in [0.4, 0.5) is 11.4 Å². The maximum atomic E-state index is 12.8. The molecule has 1 aliphatic heterocycles. The number of amides is 2. The van der Waals surface area contributed by atoms with E-state index in [2.05, 4.69) is 5.32 Å². The fourth-order valence-corrected chi connectivity index (χ4v) is 2.62. The van der Waals surface area contributed by atoms with Gasteiger partial charge in [-0.25, -0.2) is 0 Å². The number of carbonyl (C=O) groups excluding carboxylic acids is 2. The average molecular weight is 289 g/mol. The molecule has 1 heterocycles. The second kappa shape index (κ2) is 5.76. The molecule has 2 atom stereocenters. The highest BCUT2D eigenvalue weighted by molar-refractivity contribution is 6.09. The van der Waals surface area contributed by atoms with Gasteiger partial charge in [-0.1, -0.05) is 26.0 Å². The Morgan fingerprint density at radius 2 is 1.81 bits per heavy atom. The Morgan fingerprint density at radius 1 is 1.19 bits per heavy atom. The van der Waals surface area contributed by atoms with Crippen LogP contribution in [0.25, 0.3) is 0 Å². The SMILES string of the molecule is CC(C)C1NC(=O)C(C)N(c2ccccc2N(C)C)C1=O. The van der Waals surface area contributed by atoms with Crippen molar-refractivity contribution < 1.29 is 9.59 Å². The number of nitrogens with zero attached hydrogens (tertiary/aromatic N) is 2. The highest BCUT2D eigenvalue weighted by Gasteiger charge is 2.41. The summed E-state index contributed by atoms with van der Waals surface area (Å²) in [5, 5.41) is 2.82. The molecule has 0 aromatic heterocycles. The second-order valence-corrected chi connectivity index (χ2v) is 6.00. The van der Waals surface area contributed by atoms with E-state index in [1.165, 1.54) is 0 Å². The van der Waals surface area contributed by atoms with Crippen LogP contribution in [0, 0.1) is 5.92 Å². The summed E-state index contributed by atoms with van der Waals surface area (Å²) in [6.07, 6.45) is 0. The molecule has 1 N–H and O–H groups in total. The maximum Gasteiger partial charge on any atom is 0.250 e. The van der Waals surface area contributed by atoms with Gasteiger partial charge >= 0.3 is 0 Å². The Bertz CT molecular complexity index is 554. The third-order valence-corrected chi connectivity index (χ3v) is 3.86. The molecular weight excluding hydrogens is 266 g/mol. The lowest BCUT2D eigenvalue weighted by atomic mass is 9.97. The first-order chi connectivity index (χ1) is 9.84. The minimum absolute atomic E-state index is 0.0496. The normalized spacial score (nSPS) is 22.5. The summed E-state index contributed by atoms with van der Waals surface area (Å²) in [6.45, 7) is 5.64. The van der Waals surface area contributed by atoms with E-state index in [1.54, 1.807) is 11.8 Å². The third-order valence-electron chi connectivity index (χ3n) is 3.86. The van der Waals surface area contributed by atoms with E-state index in [1.807, 2.05) is 57.1 Å². The molecule has 1 saturated heterocycles. The van der Waals surface area contributed by atoms with Crippen LogP contribution in [0.3, 0.4) is 0 Å². The van der Waals surface area contributed by atoms with Gasteiger partial charge in [-0.05, 0) is 25.0 Å². The van der Waals surface area contributed by atoms with Crippen molar-refractivity contribution in [3.63, 3.8) is 0 Å². The van der Waals surface area contributed by atoms with Gasteiger partial charge in [0.1, 0.15) is 12.1 Å². The molecule has 1 aliphatic rings. The predicted octanol–water partition coefficient (Wildman–Crippen LogP) is 1.63. The summed E-state index contributed by atoms with van der Waals surface area (Å²) in [7, 11) is 3.86. The second-order valence-electron chi connectivity index (χ2n) is 6.00. The van der Waals surface area contributed by atoms with Gasteiger partial charge in [0.2, 0.25) is 5.91 Å². The van der Waals surface area contributed by atoms with Crippen molar-refractivity contribution in [1.82, 2.24) is 5.32 Å². The monoisotopic (exact) mass is 289 g/mol. The molecule has 2 unspecified atom stereocenters. The van der Waals surface area contributed by atoms with Gasteiger partial charge in [0.15, 0.2) is 0 Å². The average Bonchev–Trinajstić information content (AvgIpc) is 2.43. The maximum absolute atomic E-state index is 12.8. The first kappa shape index (κ1) is 15.4. The number of anilines is 2. The number of benzene rings is 1. The lowest BCUT2D eigenvalue weighted by Crippen LogP contribution is -2.64.